The summed E-state index contributed by atoms with van der Waals surface area (Å²) in [5.74, 6) is 1.24. The minimum absolute atomic E-state index is 0.337. The monoisotopic (exact) mass is 233 g/mol. The minimum Gasteiger partial charge on any atom is -0.361 e. The van der Waals surface area contributed by atoms with Crippen molar-refractivity contribution in [2.75, 3.05) is 20.1 Å². The lowest BCUT2D eigenvalue weighted by Crippen LogP contribution is -2.47. The van der Waals surface area contributed by atoms with Crippen LogP contribution in [0.25, 0.3) is 0 Å². The van der Waals surface area contributed by atoms with E-state index in [1.807, 2.05) is 0 Å². The van der Waals surface area contributed by atoms with Crippen LogP contribution >= 0.6 is 11.8 Å². The highest BCUT2D eigenvalue weighted by Gasteiger charge is 2.34. The predicted molar refractivity (Wildman–Crippen MR) is 68.4 cm³/mol. The Kier molecular flexibility index (Phi) is 2.32. The van der Waals surface area contributed by atoms with Crippen LogP contribution in [0.2, 0.25) is 0 Å². The molecule has 4 heteroatoms. The van der Waals surface area contributed by atoms with E-state index in [9.17, 15) is 0 Å². The summed E-state index contributed by atoms with van der Waals surface area (Å²) in [4.78, 5) is 4.42. The molecule has 16 heavy (non-hydrogen) atoms. The molecule has 3 rings (SSSR count). The molecule has 1 N–H and O–H groups in total. The van der Waals surface area contributed by atoms with Crippen molar-refractivity contribution in [1.82, 2.24) is 9.80 Å². The summed E-state index contributed by atoms with van der Waals surface area (Å²) in [6.45, 7) is 2.08. The Morgan fingerprint density at radius 3 is 3.12 bits per heavy atom. The fourth-order valence-corrected chi connectivity index (χ4v) is 3.49. The van der Waals surface area contributed by atoms with E-state index in [0.717, 1.165) is 19.5 Å². The van der Waals surface area contributed by atoms with Crippen molar-refractivity contribution in [2.45, 2.75) is 11.7 Å². The Morgan fingerprint density at radius 1 is 1.38 bits per heavy atom. The van der Waals surface area contributed by atoms with E-state index in [4.69, 9.17) is 5.41 Å². The highest BCUT2D eigenvalue weighted by atomic mass is 32.2. The van der Waals surface area contributed by atoms with E-state index < -0.39 is 0 Å². The molecule has 1 fully saturated rings. The van der Waals surface area contributed by atoms with Gasteiger partial charge in [-0.3, -0.25) is 5.41 Å². The molecule has 0 bridgehead atoms. The number of hydrogen-bond donors (Lipinski definition) is 1. The number of allylic oxidation sites excluding steroid dienone is 3. The van der Waals surface area contributed by atoms with Crippen LogP contribution in [-0.4, -0.2) is 40.4 Å². The topological polar surface area (TPSA) is 30.3 Å². The first-order chi connectivity index (χ1) is 7.77. The molecular formula is C12H15N3S. The molecule has 0 amide bonds. The van der Waals surface area contributed by atoms with Crippen LogP contribution in [0.3, 0.4) is 0 Å². The number of nitrogens with zero attached hydrogens (tertiary/aromatic N) is 2. The summed E-state index contributed by atoms with van der Waals surface area (Å²) in [7, 11) is 2.13. The van der Waals surface area contributed by atoms with E-state index >= 15 is 0 Å². The number of rotatable bonds is 0. The summed E-state index contributed by atoms with van der Waals surface area (Å²) < 4.78 is 0. The normalized spacial score (nSPS) is 28.3. The zero-order chi connectivity index (χ0) is 11.1. The molecule has 2 heterocycles. The summed E-state index contributed by atoms with van der Waals surface area (Å²) in [5, 5.41) is 9.12. The van der Waals surface area contributed by atoms with Gasteiger partial charge in [0, 0.05) is 25.7 Å². The van der Waals surface area contributed by atoms with E-state index in [0.29, 0.717) is 10.4 Å². The van der Waals surface area contributed by atoms with E-state index in [1.165, 1.54) is 11.4 Å². The second kappa shape index (κ2) is 3.70. The molecule has 1 saturated heterocycles. The first kappa shape index (κ1) is 10.0. The third-order valence-electron chi connectivity index (χ3n) is 3.21. The van der Waals surface area contributed by atoms with E-state index in [2.05, 4.69) is 41.2 Å². The van der Waals surface area contributed by atoms with Gasteiger partial charge in [0.15, 0.2) is 5.17 Å². The van der Waals surface area contributed by atoms with Crippen LogP contribution in [0.5, 0.6) is 0 Å². The molecule has 1 aliphatic carbocycles. The van der Waals surface area contributed by atoms with Gasteiger partial charge in [-0.25, -0.2) is 0 Å². The van der Waals surface area contributed by atoms with Crippen molar-refractivity contribution in [3.8, 4) is 0 Å². The molecule has 0 aromatic rings. The predicted octanol–water partition coefficient (Wildman–Crippen LogP) is 2.01. The zero-order valence-electron chi connectivity index (χ0n) is 9.31. The van der Waals surface area contributed by atoms with Crippen LogP contribution in [-0.2, 0) is 0 Å². The molecule has 84 valence electrons. The fourth-order valence-electron chi connectivity index (χ4n) is 2.47. The van der Waals surface area contributed by atoms with Crippen molar-refractivity contribution >= 4 is 16.9 Å². The average Bonchev–Trinajstić information content (AvgIpc) is 2.30. The van der Waals surface area contributed by atoms with Crippen molar-refractivity contribution in [3.05, 3.63) is 35.7 Å². The first-order valence-corrected chi connectivity index (χ1v) is 6.48. The number of amidine groups is 1. The molecule has 0 radical (unpaired) electrons. The van der Waals surface area contributed by atoms with Crippen LogP contribution < -0.4 is 0 Å². The third kappa shape index (κ3) is 1.40. The maximum absolute atomic E-state index is 8.10. The SMILES string of the molecule is CN1CCCN2C(=N)SC3C=CC=CC3=C12. The lowest BCUT2D eigenvalue weighted by atomic mass is 10.0. The highest BCUT2D eigenvalue weighted by Crippen LogP contribution is 2.38. The summed E-state index contributed by atoms with van der Waals surface area (Å²) in [6, 6.07) is 0. The zero-order valence-corrected chi connectivity index (χ0v) is 10.1. The lowest BCUT2D eigenvalue weighted by molar-refractivity contribution is 0.245. The van der Waals surface area contributed by atoms with Gasteiger partial charge in [-0.1, -0.05) is 36.1 Å². The standard InChI is InChI=1S/C12H15N3S/c1-14-7-4-8-15-11(14)9-5-2-3-6-10(9)16-12(15)13/h2-3,5-6,10,13H,4,7-8H2,1H3. The van der Waals surface area contributed by atoms with Crippen LogP contribution in [0.15, 0.2) is 35.7 Å². The van der Waals surface area contributed by atoms with E-state index in [1.54, 1.807) is 11.8 Å². The number of nitrogens with one attached hydrogen (secondary N) is 1. The van der Waals surface area contributed by atoms with Gasteiger partial charge in [0.2, 0.25) is 0 Å². The molecule has 3 aliphatic rings. The molecule has 1 atom stereocenters. The molecule has 2 aliphatic heterocycles. The van der Waals surface area contributed by atoms with Crippen molar-refractivity contribution in [3.63, 3.8) is 0 Å². The van der Waals surface area contributed by atoms with Crippen molar-refractivity contribution < 1.29 is 0 Å². The van der Waals surface area contributed by atoms with Gasteiger partial charge in [0.05, 0.1) is 5.25 Å². The second-order valence-electron chi connectivity index (χ2n) is 4.29. The number of hydrogen-bond acceptors (Lipinski definition) is 3. The number of fused-ring (bicyclic) bond motifs is 2. The summed E-state index contributed by atoms with van der Waals surface area (Å²) >= 11 is 1.64. The van der Waals surface area contributed by atoms with Crippen molar-refractivity contribution in [2.24, 2.45) is 0 Å². The molecule has 0 spiro atoms. The first-order valence-electron chi connectivity index (χ1n) is 5.60. The highest BCUT2D eigenvalue weighted by molar-refractivity contribution is 8.14. The maximum Gasteiger partial charge on any atom is 0.162 e. The average molecular weight is 233 g/mol. The molecule has 0 saturated carbocycles. The fraction of sp³-hybridized carbons (Fsp3) is 0.417. The summed E-state index contributed by atoms with van der Waals surface area (Å²) in [5.41, 5.74) is 1.35. The Balaban J connectivity index is 2.10. The lowest BCUT2D eigenvalue weighted by Gasteiger charge is -2.44. The van der Waals surface area contributed by atoms with Gasteiger partial charge in [-0.05, 0) is 6.42 Å². The molecule has 3 nitrogen and oxygen atoms in total. The van der Waals surface area contributed by atoms with Crippen LogP contribution in [0, 0.1) is 5.41 Å². The largest absolute Gasteiger partial charge is 0.361 e. The number of thioether (sulfide) groups is 1. The smallest absolute Gasteiger partial charge is 0.162 e. The van der Waals surface area contributed by atoms with Gasteiger partial charge in [-0.2, -0.15) is 0 Å². The minimum atomic E-state index is 0.337. The third-order valence-corrected chi connectivity index (χ3v) is 4.32. The molecular weight excluding hydrogens is 218 g/mol. The summed E-state index contributed by atoms with van der Waals surface area (Å²) in [6.07, 6.45) is 9.68. The Hall–Kier alpha value is -1.16. The molecule has 0 aromatic carbocycles. The Morgan fingerprint density at radius 2 is 2.25 bits per heavy atom. The van der Waals surface area contributed by atoms with Gasteiger partial charge in [0.25, 0.3) is 0 Å². The quantitative estimate of drug-likeness (QED) is 0.694. The van der Waals surface area contributed by atoms with E-state index in [-0.39, 0.29) is 0 Å². The van der Waals surface area contributed by atoms with Crippen LogP contribution in [0.4, 0.5) is 0 Å². The molecule has 1 unspecified atom stereocenters. The van der Waals surface area contributed by atoms with Gasteiger partial charge >= 0.3 is 0 Å². The van der Waals surface area contributed by atoms with Gasteiger partial charge in [0.1, 0.15) is 5.82 Å². The maximum atomic E-state index is 8.10. The van der Waals surface area contributed by atoms with Crippen LogP contribution in [0.1, 0.15) is 6.42 Å². The Bertz CT molecular complexity index is 422. The second-order valence-corrected chi connectivity index (χ2v) is 5.42. The van der Waals surface area contributed by atoms with Crippen molar-refractivity contribution in [1.29, 1.82) is 5.41 Å². The molecule has 0 aromatic heterocycles. The van der Waals surface area contributed by atoms with Gasteiger partial charge in [-0.15, -0.1) is 0 Å². The Labute approximate surface area is 100.0 Å². The van der Waals surface area contributed by atoms with Gasteiger partial charge < -0.3 is 9.80 Å².